The van der Waals surface area contributed by atoms with Crippen LogP contribution in [0.5, 0.6) is 0 Å². The largest absolute Gasteiger partial charge is 0.479 e. The molecule has 0 aromatic heterocycles. The van der Waals surface area contributed by atoms with E-state index < -0.39 is 65.0 Å². The van der Waals surface area contributed by atoms with Gasteiger partial charge in [-0.3, -0.25) is 5.32 Å². The van der Waals surface area contributed by atoms with Crippen LogP contribution in [-0.4, -0.2) is 58.4 Å². The average molecular weight is 664 g/mol. The summed E-state index contributed by atoms with van der Waals surface area (Å²) in [6.07, 6.45) is -2.16. The first kappa shape index (κ1) is 37.2. The van der Waals surface area contributed by atoms with Crippen LogP contribution in [0.25, 0.3) is 0 Å². The van der Waals surface area contributed by atoms with Gasteiger partial charge in [0, 0.05) is 5.69 Å². The van der Waals surface area contributed by atoms with Gasteiger partial charge in [-0.25, -0.2) is 24.0 Å². The zero-order valence-electron chi connectivity index (χ0n) is 27.6. The summed E-state index contributed by atoms with van der Waals surface area (Å²) < 4.78 is 21.7. The molecule has 0 aliphatic rings. The highest BCUT2D eigenvalue weighted by Crippen LogP contribution is 2.29. The van der Waals surface area contributed by atoms with Crippen LogP contribution in [0.2, 0.25) is 0 Å². The van der Waals surface area contributed by atoms with Crippen molar-refractivity contribution in [3.05, 3.63) is 102 Å². The Balaban J connectivity index is 1.87. The Morgan fingerprint density at radius 3 is 1.69 bits per heavy atom. The summed E-state index contributed by atoms with van der Waals surface area (Å²) >= 11 is 0. The number of anilines is 1. The van der Waals surface area contributed by atoms with Gasteiger partial charge in [0.2, 0.25) is 11.1 Å². The molecule has 0 bridgehead atoms. The highest BCUT2D eigenvalue weighted by Gasteiger charge is 2.50. The van der Waals surface area contributed by atoms with Gasteiger partial charge in [0.05, 0.1) is 0 Å². The molecule has 0 fully saturated rings. The van der Waals surface area contributed by atoms with Crippen LogP contribution in [0.3, 0.4) is 0 Å². The Morgan fingerprint density at radius 2 is 1.21 bits per heavy atom. The highest BCUT2D eigenvalue weighted by atomic mass is 16.6. The van der Waals surface area contributed by atoms with E-state index in [-0.39, 0.29) is 11.3 Å². The Kier molecular flexibility index (Phi) is 11.4. The lowest BCUT2D eigenvalue weighted by Crippen LogP contribution is -2.61. The molecule has 1 amide bonds. The van der Waals surface area contributed by atoms with Crippen molar-refractivity contribution in [3.8, 4) is 0 Å². The molecular formula is C35H41N3O10. The molecule has 48 heavy (non-hydrogen) atoms. The maximum Gasteiger partial charge on any atom is 0.411 e. The number of hydrogen-bond donors (Lipinski definition) is 4. The molecule has 0 spiro atoms. The quantitative estimate of drug-likeness (QED) is 0.129. The van der Waals surface area contributed by atoms with E-state index in [9.17, 15) is 29.1 Å². The smallest absolute Gasteiger partial charge is 0.411 e. The van der Waals surface area contributed by atoms with Crippen molar-refractivity contribution in [3.63, 3.8) is 0 Å². The van der Waals surface area contributed by atoms with Gasteiger partial charge in [-0.2, -0.15) is 0 Å². The summed E-state index contributed by atoms with van der Waals surface area (Å²) in [6.45, 7) is 8.36. The number of carbonyl (C=O) groups excluding carboxylic acids is 4. The normalized spacial score (nSPS) is 14.1. The summed E-state index contributed by atoms with van der Waals surface area (Å²) in [4.78, 5) is 65.0. The Bertz CT molecular complexity index is 1590. The molecule has 6 N–H and O–H groups in total. The van der Waals surface area contributed by atoms with Crippen molar-refractivity contribution in [1.29, 1.82) is 0 Å². The third-order valence-electron chi connectivity index (χ3n) is 6.61. The maximum atomic E-state index is 13.7. The molecule has 0 saturated carbocycles. The predicted molar refractivity (Wildman–Crippen MR) is 174 cm³/mol. The minimum atomic E-state index is -2.62. The number of esters is 3. The summed E-state index contributed by atoms with van der Waals surface area (Å²) in [5, 5.41) is 12.2. The molecule has 2 atom stereocenters. The molecule has 3 aromatic carbocycles. The minimum absolute atomic E-state index is 0.0344. The average Bonchev–Trinajstić information content (AvgIpc) is 3.01. The van der Waals surface area contributed by atoms with Gasteiger partial charge in [-0.05, 0) is 70.4 Å². The first-order valence-corrected chi connectivity index (χ1v) is 14.9. The van der Waals surface area contributed by atoms with Gasteiger partial charge in [0.15, 0.2) is 6.10 Å². The van der Waals surface area contributed by atoms with Crippen LogP contribution < -0.4 is 16.8 Å². The molecule has 0 heterocycles. The van der Waals surface area contributed by atoms with E-state index in [4.69, 9.17) is 30.4 Å². The number of nitrogens with two attached hydrogens (primary N) is 2. The third kappa shape index (κ3) is 9.39. The van der Waals surface area contributed by atoms with Crippen molar-refractivity contribution in [2.75, 3.05) is 11.9 Å². The summed E-state index contributed by atoms with van der Waals surface area (Å²) in [5.74, 6) is -5.35. The molecule has 0 saturated heterocycles. The van der Waals surface area contributed by atoms with Crippen LogP contribution >= 0.6 is 0 Å². The number of rotatable bonds is 11. The van der Waals surface area contributed by atoms with Crippen LogP contribution in [-0.2, 0) is 43.7 Å². The van der Waals surface area contributed by atoms with Crippen molar-refractivity contribution >= 4 is 35.7 Å². The van der Waals surface area contributed by atoms with Crippen LogP contribution in [0.15, 0.2) is 84.9 Å². The Hall–Kier alpha value is -5.27. The Labute approximate surface area is 278 Å². The first-order chi connectivity index (χ1) is 22.3. The van der Waals surface area contributed by atoms with Crippen LogP contribution in [0.4, 0.5) is 10.5 Å². The highest BCUT2D eigenvalue weighted by molar-refractivity contribution is 6.06. The van der Waals surface area contributed by atoms with E-state index in [1.807, 2.05) is 0 Å². The molecule has 13 heteroatoms. The number of aliphatic carboxylic acids is 1. The predicted octanol–water partition coefficient (Wildman–Crippen LogP) is 4.19. The third-order valence-corrected chi connectivity index (χ3v) is 6.61. The van der Waals surface area contributed by atoms with Crippen molar-refractivity contribution in [2.24, 2.45) is 11.5 Å². The van der Waals surface area contributed by atoms with Crippen molar-refractivity contribution in [1.82, 2.24) is 0 Å². The van der Waals surface area contributed by atoms with E-state index in [0.29, 0.717) is 11.1 Å². The molecule has 3 aromatic rings. The summed E-state index contributed by atoms with van der Waals surface area (Å²) in [7, 11) is 0. The number of carbonyl (C=O) groups is 5. The molecule has 13 nitrogen and oxygen atoms in total. The van der Waals surface area contributed by atoms with Gasteiger partial charge < -0.3 is 35.5 Å². The van der Waals surface area contributed by atoms with E-state index in [2.05, 4.69) is 5.32 Å². The SMILES string of the molecule is CC(C)(C)OC(=O)[C@@](N)(COC(=O)Nc1cccc([C@@](N)(C(=O)O)C(=O)OC(C)(C)C)c1)C(=O)OC(c1ccccc1)c1ccccc1. The van der Waals surface area contributed by atoms with Crippen LogP contribution in [0, 0.1) is 0 Å². The molecule has 256 valence electrons. The lowest BCUT2D eigenvalue weighted by atomic mass is 9.90. The molecule has 0 aliphatic heterocycles. The number of amides is 1. The number of carboxylic acid groups (broad SMARTS) is 1. The second-order valence-electron chi connectivity index (χ2n) is 13.0. The fourth-order valence-electron chi connectivity index (χ4n) is 4.23. The number of carboxylic acids is 1. The lowest BCUT2D eigenvalue weighted by molar-refractivity contribution is -0.176. The van der Waals surface area contributed by atoms with Gasteiger partial charge in [-0.1, -0.05) is 72.8 Å². The second-order valence-corrected chi connectivity index (χ2v) is 13.0. The fourth-order valence-corrected chi connectivity index (χ4v) is 4.23. The fraction of sp³-hybridized carbons (Fsp3) is 0.343. The van der Waals surface area contributed by atoms with Crippen molar-refractivity contribution < 1.29 is 48.0 Å². The first-order valence-electron chi connectivity index (χ1n) is 14.9. The van der Waals surface area contributed by atoms with E-state index in [1.54, 1.807) is 102 Å². The maximum absolute atomic E-state index is 13.7. The molecule has 0 aliphatic carbocycles. The van der Waals surface area contributed by atoms with Gasteiger partial charge in [-0.15, -0.1) is 0 Å². The topological polar surface area (TPSA) is 207 Å². The zero-order valence-corrected chi connectivity index (χ0v) is 27.6. The Morgan fingerprint density at radius 1 is 0.708 bits per heavy atom. The number of hydrogen-bond acceptors (Lipinski definition) is 11. The summed E-state index contributed by atoms with van der Waals surface area (Å²) in [6, 6.07) is 22.6. The van der Waals surface area contributed by atoms with E-state index in [1.165, 1.54) is 18.2 Å². The molecule has 3 rings (SSSR count). The monoisotopic (exact) mass is 663 g/mol. The zero-order chi connectivity index (χ0) is 35.9. The molecule has 0 unspecified atom stereocenters. The standard InChI is InChI=1S/C35H41N3O10/c1-32(2,3)47-29(42)34(36,28(41)46-26(22-14-9-7-10-15-22)23-16-11-8-12-17-23)21-45-31(44)38-25-19-13-18-24(20-25)35(37,27(39)40)30(43)48-33(4,5)6/h7-20,26H,21,36-37H2,1-6H3,(H,38,44)(H,39,40)/t34-,35-/m1/s1. The summed E-state index contributed by atoms with van der Waals surface area (Å²) in [5.41, 5.74) is 5.98. The van der Waals surface area contributed by atoms with Gasteiger partial charge in [0.1, 0.15) is 17.8 Å². The lowest BCUT2D eigenvalue weighted by Gasteiger charge is -2.31. The number of ether oxygens (including phenoxy) is 4. The number of benzene rings is 3. The van der Waals surface area contributed by atoms with Crippen molar-refractivity contribution in [2.45, 2.75) is 69.9 Å². The van der Waals surface area contributed by atoms with Gasteiger partial charge >= 0.3 is 30.0 Å². The molecular weight excluding hydrogens is 622 g/mol. The minimum Gasteiger partial charge on any atom is -0.479 e. The van der Waals surface area contributed by atoms with Crippen LogP contribution in [0.1, 0.15) is 64.3 Å². The van der Waals surface area contributed by atoms with E-state index >= 15 is 0 Å². The van der Waals surface area contributed by atoms with Gasteiger partial charge in [0.25, 0.3) is 0 Å². The second kappa shape index (κ2) is 14.7. The molecule has 0 radical (unpaired) electrons. The number of nitrogens with one attached hydrogen (secondary N) is 1. The van der Waals surface area contributed by atoms with E-state index in [0.717, 1.165) is 6.07 Å².